The summed E-state index contributed by atoms with van der Waals surface area (Å²) in [6, 6.07) is 14.7. The number of anilines is 1. The van der Waals surface area contributed by atoms with E-state index in [2.05, 4.69) is 21.0 Å². The molecule has 9 rings (SSSR count). The number of rotatable bonds is 8. The highest BCUT2D eigenvalue weighted by molar-refractivity contribution is 6.04. The van der Waals surface area contributed by atoms with E-state index in [0.717, 1.165) is 68.5 Å². The number of halogens is 1. The third-order valence-electron chi connectivity index (χ3n) is 12.0. The Morgan fingerprint density at radius 2 is 1.79 bits per heavy atom. The van der Waals surface area contributed by atoms with Crippen LogP contribution < -0.4 is 20.7 Å². The van der Waals surface area contributed by atoms with Gasteiger partial charge >= 0.3 is 6.01 Å². The standard InChI is InChI=1S/C39H43FN6O2/c1-2-24-4-3-5-25-16-30(47)17-33(34(24)25)31-10-11-32-36(35(31)40)43-38(44-37(32)45-19-26-6-7-27(20-45)42-26)48-22-39(12-13-39)21-46-28-8-9-29(46)15-23(14-28)18-41/h1,3-5,10-11,16-17,23,26-29,42,47H,6-9,12-15,18-22,41H2. The minimum absolute atomic E-state index is 0.0466. The fraction of sp³-hybridized carbons (Fsp3) is 0.487. The summed E-state index contributed by atoms with van der Waals surface area (Å²) < 4.78 is 23.5. The molecule has 0 radical (unpaired) electrons. The first kappa shape index (κ1) is 30.1. The van der Waals surface area contributed by atoms with E-state index < -0.39 is 5.82 Å². The number of hydrogen-bond donors (Lipinski definition) is 3. The summed E-state index contributed by atoms with van der Waals surface area (Å²) >= 11 is 0. The third kappa shape index (κ3) is 5.17. The van der Waals surface area contributed by atoms with Gasteiger partial charge in [0.2, 0.25) is 0 Å². The lowest BCUT2D eigenvalue weighted by molar-refractivity contribution is 0.0671. The van der Waals surface area contributed by atoms with Crippen LogP contribution in [0.3, 0.4) is 0 Å². The Hall–Kier alpha value is -3.97. The van der Waals surface area contributed by atoms with E-state index in [9.17, 15) is 5.11 Å². The Morgan fingerprint density at radius 3 is 2.50 bits per heavy atom. The van der Waals surface area contributed by atoms with Crippen LogP contribution in [-0.4, -0.2) is 76.9 Å². The van der Waals surface area contributed by atoms with Gasteiger partial charge in [-0.15, -0.1) is 6.42 Å². The van der Waals surface area contributed by atoms with Crippen molar-refractivity contribution in [2.45, 2.75) is 75.5 Å². The van der Waals surface area contributed by atoms with Crippen molar-refractivity contribution in [2.75, 3.05) is 37.7 Å². The number of piperidine rings is 1. The quantitative estimate of drug-likeness (QED) is 0.214. The van der Waals surface area contributed by atoms with Crippen molar-refractivity contribution >= 4 is 27.5 Å². The molecule has 4 N–H and O–H groups in total. The molecule has 5 fully saturated rings. The Bertz CT molecular complexity index is 1930. The molecule has 3 aromatic carbocycles. The average molecular weight is 647 g/mol. The van der Waals surface area contributed by atoms with Gasteiger partial charge in [-0.25, -0.2) is 4.39 Å². The number of aromatic nitrogens is 2. The Morgan fingerprint density at radius 1 is 1.02 bits per heavy atom. The largest absolute Gasteiger partial charge is 0.508 e. The van der Waals surface area contributed by atoms with Crippen molar-refractivity contribution in [2.24, 2.45) is 17.1 Å². The average Bonchev–Trinajstić information content (AvgIpc) is 3.73. The van der Waals surface area contributed by atoms with E-state index in [1.54, 1.807) is 18.2 Å². The number of nitrogens with one attached hydrogen (secondary N) is 1. The molecular weight excluding hydrogens is 603 g/mol. The molecule has 4 atom stereocenters. The highest BCUT2D eigenvalue weighted by atomic mass is 19.1. The molecule has 8 nitrogen and oxygen atoms in total. The summed E-state index contributed by atoms with van der Waals surface area (Å²) in [6.07, 6.45) is 15.3. The Kier molecular flexibility index (Phi) is 7.26. The summed E-state index contributed by atoms with van der Waals surface area (Å²) in [7, 11) is 0. The lowest BCUT2D eigenvalue weighted by atomic mass is 9.89. The Labute approximate surface area is 280 Å². The third-order valence-corrected chi connectivity index (χ3v) is 12.0. The van der Waals surface area contributed by atoms with E-state index in [1.165, 1.54) is 25.7 Å². The van der Waals surface area contributed by atoms with Gasteiger partial charge in [-0.1, -0.05) is 24.1 Å². The molecule has 4 aliphatic heterocycles. The van der Waals surface area contributed by atoms with Crippen LogP contribution in [0.1, 0.15) is 56.9 Å². The minimum atomic E-state index is -0.474. The zero-order valence-corrected chi connectivity index (χ0v) is 27.3. The maximum Gasteiger partial charge on any atom is 0.319 e. The molecule has 48 heavy (non-hydrogen) atoms. The van der Waals surface area contributed by atoms with E-state index in [4.69, 9.17) is 26.9 Å². The Balaban J connectivity index is 1.09. The van der Waals surface area contributed by atoms with Gasteiger partial charge in [0.25, 0.3) is 0 Å². The molecule has 1 aliphatic carbocycles. The van der Waals surface area contributed by atoms with Gasteiger partial charge in [0.15, 0.2) is 5.82 Å². The highest BCUT2D eigenvalue weighted by Crippen LogP contribution is 2.50. The van der Waals surface area contributed by atoms with Crippen molar-refractivity contribution in [3.8, 4) is 35.2 Å². The number of benzene rings is 3. The molecule has 5 heterocycles. The smallest absolute Gasteiger partial charge is 0.319 e. The number of phenols is 1. The first-order valence-corrected chi connectivity index (χ1v) is 17.7. The van der Waals surface area contributed by atoms with E-state index >= 15 is 4.39 Å². The zero-order valence-electron chi connectivity index (χ0n) is 27.3. The number of nitrogens with two attached hydrogens (primary N) is 1. The fourth-order valence-corrected chi connectivity index (χ4v) is 9.32. The van der Waals surface area contributed by atoms with Crippen molar-refractivity contribution in [1.29, 1.82) is 0 Å². The number of terminal acetylenes is 1. The molecule has 4 aromatic rings. The molecular formula is C39H43FN6O2. The van der Waals surface area contributed by atoms with Crippen molar-refractivity contribution in [1.82, 2.24) is 20.2 Å². The van der Waals surface area contributed by atoms with Gasteiger partial charge in [0, 0.05) is 71.1 Å². The number of piperazine rings is 1. The van der Waals surface area contributed by atoms with Crippen molar-refractivity contribution < 1.29 is 14.2 Å². The predicted octanol–water partition coefficient (Wildman–Crippen LogP) is 5.58. The van der Waals surface area contributed by atoms with Crippen molar-refractivity contribution in [3.63, 3.8) is 0 Å². The topological polar surface area (TPSA) is 99.8 Å². The second kappa shape index (κ2) is 11.6. The second-order valence-corrected chi connectivity index (χ2v) is 15.2. The number of hydrogen-bond acceptors (Lipinski definition) is 8. The monoisotopic (exact) mass is 646 g/mol. The van der Waals surface area contributed by atoms with Gasteiger partial charge < -0.3 is 25.8 Å². The van der Waals surface area contributed by atoms with Gasteiger partial charge in [-0.2, -0.15) is 9.97 Å². The van der Waals surface area contributed by atoms with E-state index in [-0.39, 0.29) is 22.7 Å². The first-order chi connectivity index (χ1) is 23.4. The molecule has 0 spiro atoms. The highest BCUT2D eigenvalue weighted by Gasteiger charge is 2.50. The summed E-state index contributed by atoms with van der Waals surface area (Å²) in [6.45, 7) is 3.95. The van der Waals surface area contributed by atoms with Crippen LogP contribution in [0.5, 0.6) is 11.8 Å². The lowest BCUT2D eigenvalue weighted by Crippen LogP contribution is -2.51. The van der Waals surface area contributed by atoms with Gasteiger partial charge in [0.1, 0.15) is 17.1 Å². The molecule has 5 aliphatic rings. The molecule has 0 amide bonds. The maximum absolute atomic E-state index is 17.0. The van der Waals surface area contributed by atoms with Crippen LogP contribution in [0, 0.1) is 29.5 Å². The molecule has 4 bridgehead atoms. The number of fused-ring (bicyclic) bond motifs is 6. The normalized spacial score (nSPS) is 27.4. The van der Waals surface area contributed by atoms with Gasteiger partial charge in [-0.3, -0.25) is 4.90 Å². The fourth-order valence-electron chi connectivity index (χ4n) is 9.32. The van der Waals surface area contributed by atoms with Gasteiger partial charge in [0.05, 0.1) is 6.61 Å². The predicted molar refractivity (Wildman–Crippen MR) is 187 cm³/mol. The SMILES string of the molecule is C#Cc1cccc2cc(O)cc(-c3ccc4c(N5CC6CCC(C5)N6)nc(OCC5(CN6C7CCC6CC(CN)C7)CC5)nc4c3F)c12. The summed E-state index contributed by atoms with van der Waals surface area (Å²) in [5, 5.41) is 16.5. The molecule has 1 saturated carbocycles. The van der Waals surface area contributed by atoms with Crippen LogP contribution in [-0.2, 0) is 0 Å². The van der Waals surface area contributed by atoms with Crippen LogP contribution in [0.15, 0.2) is 42.5 Å². The summed E-state index contributed by atoms with van der Waals surface area (Å²) in [5.41, 5.74) is 7.87. The van der Waals surface area contributed by atoms with Crippen LogP contribution in [0.25, 0.3) is 32.8 Å². The molecule has 9 heteroatoms. The maximum atomic E-state index is 17.0. The van der Waals surface area contributed by atoms with Crippen LogP contribution >= 0.6 is 0 Å². The first-order valence-electron chi connectivity index (χ1n) is 17.7. The zero-order chi connectivity index (χ0) is 32.6. The van der Waals surface area contributed by atoms with E-state index in [0.29, 0.717) is 58.8 Å². The summed E-state index contributed by atoms with van der Waals surface area (Å²) in [4.78, 5) is 14.8. The van der Waals surface area contributed by atoms with Crippen LogP contribution in [0.2, 0.25) is 0 Å². The van der Waals surface area contributed by atoms with Gasteiger partial charge in [-0.05, 0) is 99.0 Å². The summed E-state index contributed by atoms with van der Waals surface area (Å²) in [5.74, 6) is 3.68. The minimum Gasteiger partial charge on any atom is -0.508 e. The molecule has 4 saturated heterocycles. The second-order valence-electron chi connectivity index (χ2n) is 15.2. The van der Waals surface area contributed by atoms with Crippen molar-refractivity contribution in [3.05, 3.63) is 53.8 Å². The number of nitrogens with zero attached hydrogens (tertiary/aromatic N) is 4. The number of ether oxygens (including phenoxy) is 1. The molecule has 4 unspecified atom stereocenters. The number of aromatic hydroxyl groups is 1. The lowest BCUT2D eigenvalue weighted by Gasteiger charge is -2.40. The number of phenolic OH excluding ortho intramolecular Hbond substituents is 1. The van der Waals surface area contributed by atoms with Crippen LogP contribution in [0.4, 0.5) is 10.2 Å². The molecule has 248 valence electrons. The molecule has 1 aromatic heterocycles. The van der Waals surface area contributed by atoms with E-state index in [1.807, 2.05) is 24.3 Å².